The summed E-state index contributed by atoms with van der Waals surface area (Å²) in [6.07, 6.45) is 0. The molecule has 1 nitrogen and oxygen atoms in total. The quantitative estimate of drug-likeness (QED) is 0.162. The molecule has 0 fully saturated rings. The van der Waals surface area contributed by atoms with Crippen LogP contribution in [0.15, 0.2) is 212 Å². The smallest absolute Gasteiger partial charge is 0.0727 e. The minimum absolute atomic E-state index is 0.108. The van der Waals surface area contributed by atoms with Crippen molar-refractivity contribution >= 4 is 48.6 Å². The molecule has 0 bridgehead atoms. The van der Waals surface area contributed by atoms with E-state index in [1.807, 2.05) is 11.3 Å². The van der Waals surface area contributed by atoms with E-state index in [9.17, 15) is 0 Å². The number of anilines is 3. The molecule has 0 N–H and O–H groups in total. The van der Waals surface area contributed by atoms with E-state index in [0.29, 0.717) is 0 Å². The lowest BCUT2D eigenvalue weighted by Crippen LogP contribution is -2.28. The molecule has 2 heteroatoms. The fraction of sp³-hybridized carbons (Fsp3) is 0.0690. The first-order valence-electron chi connectivity index (χ1n) is 20.9. The molecule has 0 radical (unpaired) electrons. The molecule has 1 heterocycles. The van der Waals surface area contributed by atoms with Gasteiger partial charge in [-0.15, -0.1) is 11.3 Å². The molecule has 12 rings (SSSR count). The Morgan fingerprint density at radius 3 is 1.67 bits per heavy atom. The first-order valence-corrected chi connectivity index (χ1v) is 21.7. The third-order valence-electron chi connectivity index (χ3n) is 13.4. The molecule has 9 aromatic carbocycles. The van der Waals surface area contributed by atoms with Gasteiger partial charge in [0.05, 0.1) is 11.1 Å². The number of nitrogens with zero attached hydrogens (tertiary/aromatic N) is 1. The van der Waals surface area contributed by atoms with E-state index in [1.54, 1.807) is 0 Å². The number of rotatable bonds is 6. The first-order chi connectivity index (χ1) is 29.5. The van der Waals surface area contributed by atoms with E-state index in [2.05, 4.69) is 231 Å². The topological polar surface area (TPSA) is 3.24 Å². The normalized spacial score (nSPS) is 14.1. The van der Waals surface area contributed by atoms with Gasteiger partial charge in [0.25, 0.3) is 0 Å². The molecule has 284 valence electrons. The zero-order valence-electron chi connectivity index (χ0n) is 33.6. The molecule has 0 spiro atoms. The van der Waals surface area contributed by atoms with Crippen LogP contribution in [0, 0.1) is 0 Å². The fourth-order valence-corrected chi connectivity index (χ4v) is 12.0. The van der Waals surface area contributed by atoms with Crippen molar-refractivity contribution in [3.63, 3.8) is 0 Å². The molecule has 2 aliphatic carbocycles. The van der Waals surface area contributed by atoms with E-state index >= 15 is 0 Å². The summed E-state index contributed by atoms with van der Waals surface area (Å²) in [5.74, 6) is 0. The number of fused-ring (bicyclic) bond motifs is 9. The van der Waals surface area contributed by atoms with Crippen LogP contribution in [0.2, 0.25) is 0 Å². The Morgan fingerprint density at radius 1 is 0.400 bits per heavy atom. The Morgan fingerprint density at radius 2 is 0.950 bits per heavy atom. The highest BCUT2D eigenvalue weighted by atomic mass is 32.1. The highest BCUT2D eigenvalue weighted by Gasteiger charge is 2.47. The Bertz CT molecular complexity index is 3240. The van der Waals surface area contributed by atoms with Gasteiger partial charge in [-0.3, -0.25) is 0 Å². The lowest BCUT2D eigenvalue weighted by Gasteiger charge is -2.34. The average molecular weight is 784 g/mol. The van der Waals surface area contributed by atoms with Gasteiger partial charge in [-0.2, -0.15) is 0 Å². The van der Waals surface area contributed by atoms with Gasteiger partial charge in [-0.1, -0.05) is 196 Å². The molecular weight excluding hydrogens is 743 g/mol. The van der Waals surface area contributed by atoms with Crippen LogP contribution in [0.1, 0.15) is 47.2 Å². The molecule has 0 saturated heterocycles. The number of hydrogen-bond donors (Lipinski definition) is 0. The van der Waals surface area contributed by atoms with Crippen LogP contribution in [0.5, 0.6) is 0 Å². The maximum absolute atomic E-state index is 2.49. The van der Waals surface area contributed by atoms with Crippen molar-refractivity contribution in [1.29, 1.82) is 0 Å². The zero-order valence-corrected chi connectivity index (χ0v) is 34.4. The number of thiophene rings is 1. The van der Waals surface area contributed by atoms with Crippen LogP contribution in [-0.4, -0.2) is 0 Å². The van der Waals surface area contributed by atoms with Crippen LogP contribution in [0.25, 0.3) is 53.6 Å². The monoisotopic (exact) mass is 783 g/mol. The van der Waals surface area contributed by atoms with Gasteiger partial charge in [-0.25, -0.2) is 0 Å². The molecule has 0 saturated carbocycles. The van der Waals surface area contributed by atoms with Gasteiger partial charge in [0.1, 0.15) is 0 Å². The largest absolute Gasteiger partial charge is 0.310 e. The zero-order chi connectivity index (χ0) is 40.0. The predicted molar refractivity (Wildman–Crippen MR) is 254 cm³/mol. The van der Waals surface area contributed by atoms with Crippen LogP contribution < -0.4 is 4.90 Å². The Hall–Kier alpha value is -7.00. The number of benzene rings is 9. The van der Waals surface area contributed by atoms with Gasteiger partial charge in [0.2, 0.25) is 0 Å². The minimum atomic E-state index is -0.463. The summed E-state index contributed by atoms with van der Waals surface area (Å²) in [6, 6.07) is 79.0. The first kappa shape index (κ1) is 35.0. The summed E-state index contributed by atoms with van der Waals surface area (Å²) in [6.45, 7) is 4.73. The Balaban J connectivity index is 1.09. The van der Waals surface area contributed by atoms with Crippen molar-refractivity contribution in [2.75, 3.05) is 4.90 Å². The second kappa shape index (κ2) is 13.3. The molecule has 10 aromatic rings. The highest BCUT2D eigenvalue weighted by molar-refractivity contribution is 7.26. The Kier molecular flexibility index (Phi) is 7.73. The molecule has 0 unspecified atom stereocenters. The minimum Gasteiger partial charge on any atom is -0.310 e. The van der Waals surface area contributed by atoms with Gasteiger partial charge in [0.15, 0.2) is 0 Å². The van der Waals surface area contributed by atoms with Gasteiger partial charge < -0.3 is 4.90 Å². The van der Waals surface area contributed by atoms with E-state index in [1.165, 1.54) is 92.6 Å². The van der Waals surface area contributed by atoms with Gasteiger partial charge in [0, 0.05) is 42.5 Å². The second-order valence-corrected chi connectivity index (χ2v) is 17.8. The van der Waals surface area contributed by atoms with Crippen molar-refractivity contribution in [2.24, 2.45) is 0 Å². The maximum atomic E-state index is 2.49. The third-order valence-corrected chi connectivity index (χ3v) is 14.6. The van der Waals surface area contributed by atoms with Crippen molar-refractivity contribution in [3.05, 3.63) is 246 Å². The molecule has 2 aliphatic rings. The van der Waals surface area contributed by atoms with E-state index < -0.39 is 5.41 Å². The summed E-state index contributed by atoms with van der Waals surface area (Å²) in [5.41, 5.74) is 18.6. The maximum Gasteiger partial charge on any atom is 0.0727 e. The standard InChI is InChI=1S/C58H41NS/c1-57(2)48-25-12-11-23-47(48)55-51(57)28-16-30-53(55)59(41-33-31-39(32-34-41)38-17-5-3-6-18-38)42-35-36-45-46-24-15-29-52(56(46)60-54(45)37-42)58(40-19-7-4-8-20-40)49-26-13-9-21-43(49)44-22-10-14-27-50(44)58/h3-37H,1-2H3. The SMILES string of the molecule is CC1(C)c2ccccc2-c2c(N(c3ccc(-c4ccccc4)cc3)c3ccc4c(c3)sc3c(C5(c6ccccc6)c6ccccc6-c6ccccc65)cccc34)cccc21. The number of hydrogen-bond acceptors (Lipinski definition) is 2. The van der Waals surface area contributed by atoms with E-state index in [0.717, 1.165) is 11.4 Å². The molecule has 0 amide bonds. The molecule has 1 aromatic heterocycles. The van der Waals surface area contributed by atoms with E-state index in [-0.39, 0.29) is 5.41 Å². The fourth-order valence-electron chi connectivity index (χ4n) is 10.7. The van der Waals surface area contributed by atoms with Crippen molar-refractivity contribution < 1.29 is 0 Å². The molecule has 0 atom stereocenters. The van der Waals surface area contributed by atoms with Crippen molar-refractivity contribution in [1.82, 2.24) is 0 Å². The molecular formula is C58H41NS. The second-order valence-electron chi connectivity index (χ2n) is 16.8. The summed E-state index contributed by atoms with van der Waals surface area (Å²) in [4.78, 5) is 2.49. The van der Waals surface area contributed by atoms with Gasteiger partial charge in [-0.05, 0) is 91.5 Å². The predicted octanol–water partition coefficient (Wildman–Crippen LogP) is 15.9. The molecule has 60 heavy (non-hydrogen) atoms. The van der Waals surface area contributed by atoms with Crippen LogP contribution >= 0.6 is 11.3 Å². The van der Waals surface area contributed by atoms with Crippen molar-refractivity contribution in [2.45, 2.75) is 24.7 Å². The third kappa shape index (κ3) is 4.92. The average Bonchev–Trinajstić information content (AvgIpc) is 3.91. The van der Waals surface area contributed by atoms with Gasteiger partial charge >= 0.3 is 0 Å². The summed E-state index contributed by atoms with van der Waals surface area (Å²) in [5, 5.41) is 2.58. The Labute approximate surface area is 355 Å². The highest BCUT2D eigenvalue weighted by Crippen LogP contribution is 2.59. The van der Waals surface area contributed by atoms with Crippen molar-refractivity contribution in [3.8, 4) is 33.4 Å². The van der Waals surface area contributed by atoms with Crippen LogP contribution in [0.4, 0.5) is 17.1 Å². The lowest BCUT2D eigenvalue weighted by atomic mass is 9.67. The van der Waals surface area contributed by atoms with Crippen LogP contribution in [-0.2, 0) is 10.8 Å². The van der Waals surface area contributed by atoms with Crippen LogP contribution in [0.3, 0.4) is 0 Å². The molecule has 0 aliphatic heterocycles. The lowest BCUT2D eigenvalue weighted by molar-refractivity contribution is 0.660. The summed E-state index contributed by atoms with van der Waals surface area (Å²) >= 11 is 1.93. The summed E-state index contributed by atoms with van der Waals surface area (Å²) < 4.78 is 2.60. The van der Waals surface area contributed by atoms with E-state index in [4.69, 9.17) is 0 Å². The summed E-state index contributed by atoms with van der Waals surface area (Å²) in [7, 11) is 0.